The molecule has 2 N–H and O–H groups in total. The lowest BCUT2D eigenvalue weighted by Crippen LogP contribution is -2.06. The highest BCUT2D eigenvalue weighted by atomic mass is 15.3. The van der Waals surface area contributed by atoms with Gasteiger partial charge in [0.15, 0.2) is 0 Å². The van der Waals surface area contributed by atoms with E-state index in [1.165, 1.54) is 0 Å². The van der Waals surface area contributed by atoms with Crippen LogP contribution >= 0.6 is 0 Å². The first-order valence-corrected chi connectivity index (χ1v) is 5.42. The van der Waals surface area contributed by atoms with Crippen molar-refractivity contribution >= 4 is 16.6 Å². The Hall–Kier alpha value is -2.30. The molecule has 1 aromatic carbocycles. The second-order valence-corrected chi connectivity index (χ2v) is 4.03. The molecule has 0 aliphatic heterocycles. The Morgan fingerprint density at radius 1 is 1.29 bits per heavy atom. The molecule has 5 heteroatoms. The molecule has 0 fully saturated rings. The van der Waals surface area contributed by atoms with Crippen molar-refractivity contribution in [3.63, 3.8) is 0 Å². The summed E-state index contributed by atoms with van der Waals surface area (Å²) >= 11 is 0. The first-order valence-electron chi connectivity index (χ1n) is 5.42. The fraction of sp³-hybridized carbons (Fsp3) is 0.167. The number of aryl methyl sites for hydroxylation is 1. The van der Waals surface area contributed by atoms with Crippen molar-refractivity contribution in [2.45, 2.75) is 6.54 Å². The molecule has 0 unspecified atom stereocenters. The summed E-state index contributed by atoms with van der Waals surface area (Å²) < 4.78 is 3.86. The van der Waals surface area contributed by atoms with E-state index < -0.39 is 0 Å². The van der Waals surface area contributed by atoms with E-state index in [1.807, 2.05) is 25.4 Å². The van der Waals surface area contributed by atoms with Crippen molar-refractivity contribution in [2.24, 2.45) is 7.05 Å². The fourth-order valence-corrected chi connectivity index (χ4v) is 2.04. The molecule has 0 aliphatic carbocycles. The molecule has 5 nitrogen and oxygen atoms in total. The number of hydrogen-bond donors (Lipinski definition) is 1. The second-order valence-electron chi connectivity index (χ2n) is 4.03. The van der Waals surface area contributed by atoms with E-state index in [4.69, 9.17) is 5.73 Å². The van der Waals surface area contributed by atoms with Gasteiger partial charge in [0.2, 0.25) is 0 Å². The Morgan fingerprint density at radius 2 is 2.18 bits per heavy atom. The first kappa shape index (κ1) is 9.89. The number of fused-ring (bicyclic) bond motifs is 1. The number of hydrogen-bond acceptors (Lipinski definition) is 3. The molecule has 86 valence electrons. The van der Waals surface area contributed by atoms with Crippen LogP contribution in [0.25, 0.3) is 10.9 Å². The maximum Gasteiger partial charge on any atom is 0.146 e. The van der Waals surface area contributed by atoms with Crippen LogP contribution in [-0.2, 0) is 13.6 Å². The Labute approximate surface area is 98.5 Å². The van der Waals surface area contributed by atoms with Crippen molar-refractivity contribution in [3.8, 4) is 0 Å². The molecule has 0 atom stereocenters. The third-order valence-corrected chi connectivity index (χ3v) is 2.94. The molecule has 2 aromatic heterocycles. The first-order chi connectivity index (χ1) is 8.25. The maximum atomic E-state index is 6.00. The predicted octanol–water partition coefficient (Wildman–Crippen LogP) is 1.40. The minimum Gasteiger partial charge on any atom is -0.397 e. The quantitative estimate of drug-likeness (QED) is 0.673. The summed E-state index contributed by atoms with van der Waals surface area (Å²) in [5.74, 6) is 0.908. The van der Waals surface area contributed by atoms with Crippen LogP contribution in [0.15, 0.2) is 36.8 Å². The van der Waals surface area contributed by atoms with E-state index in [0.29, 0.717) is 6.54 Å². The molecule has 0 bridgehead atoms. The van der Waals surface area contributed by atoms with Gasteiger partial charge < -0.3 is 10.3 Å². The van der Waals surface area contributed by atoms with Crippen LogP contribution < -0.4 is 5.73 Å². The average molecular weight is 227 g/mol. The van der Waals surface area contributed by atoms with Crippen LogP contribution in [0.2, 0.25) is 0 Å². The Bertz CT molecular complexity index is 664. The van der Waals surface area contributed by atoms with Crippen molar-refractivity contribution in [1.29, 1.82) is 0 Å². The lowest BCUT2D eigenvalue weighted by atomic mass is 10.2. The summed E-state index contributed by atoms with van der Waals surface area (Å²) in [6, 6.07) is 7.99. The second kappa shape index (κ2) is 3.62. The zero-order valence-corrected chi connectivity index (χ0v) is 9.54. The zero-order valence-electron chi connectivity index (χ0n) is 9.54. The number of para-hydroxylation sites is 1. The average Bonchev–Trinajstić information content (AvgIpc) is 2.89. The molecule has 0 amide bonds. The van der Waals surface area contributed by atoms with Crippen molar-refractivity contribution in [2.75, 3.05) is 5.73 Å². The summed E-state index contributed by atoms with van der Waals surface area (Å²) in [5.41, 5.74) is 7.84. The van der Waals surface area contributed by atoms with Crippen molar-refractivity contribution < 1.29 is 0 Å². The maximum absolute atomic E-state index is 6.00. The van der Waals surface area contributed by atoms with Gasteiger partial charge in [-0.05, 0) is 12.1 Å². The largest absolute Gasteiger partial charge is 0.397 e. The van der Waals surface area contributed by atoms with E-state index >= 15 is 0 Å². The highest BCUT2D eigenvalue weighted by molar-refractivity contribution is 5.90. The van der Waals surface area contributed by atoms with E-state index in [2.05, 4.69) is 26.8 Å². The van der Waals surface area contributed by atoms with Crippen LogP contribution in [0.5, 0.6) is 0 Å². The van der Waals surface area contributed by atoms with E-state index in [1.54, 1.807) is 11.0 Å². The lowest BCUT2D eigenvalue weighted by Gasteiger charge is -2.06. The third kappa shape index (κ3) is 1.56. The van der Waals surface area contributed by atoms with Crippen LogP contribution in [0.4, 0.5) is 5.69 Å². The molecule has 3 rings (SSSR count). The molecule has 3 aromatic rings. The SMILES string of the molecule is Cn1ncnc1Cn1ccc2cccc(N)c21. The van der Waals surface area contributed by atoms with Gasteiger partial charge in [-0.3, -0.25) is 4.68 Å². The summed E-state index contributed by atoms with van der Waals surface area (Å²) in [6.07, 6.45) is 3.58. The van der Waals surface area contributed by atoms with Crippen LogP contribution in [0.3, 0.4) is 0 Å². The van der Waals surface area contributed by atoms with Crippen LogP contribution in [0.1, 0.15) is 5.82 Å². The van der Waals surface area contributed by atoms with Gasteiger partial charge in [0.05, 0.1) is 17.7 Å². The molecule has 0 aliphatic rings. The number of nitrogen functional groups attached to an aromatic ring is 1. The topological polar surface area (TPSA) is 61.7 Å². The number of nitrogens with zero attached hydrogens (tertiary/aromatic N) is 4. The highest BCUT2D eigenvalue weighted by Crippen LogP contribution is 2.22. The van der Waals surface area contributed by atoms with Gasteiger partial charge in [-0.1, -0.05) is 12.1 Å². The fourth-order valence-electron chi connectivity index (χ4n) is 2.04. The van der Waals surface area contributed by atoms with Gasteiger partial charge in [-0.25, -0.2) is 4.98 Å². The smallest absolute Gasteiger partial charge is 0.146 e. The number of rotatable bonds is 2. The molecule has 0 radical (unpaired) electrons. The number of nitrogens with two attached hydrogens (primary N) is 1. The lowest BCUT2D eigenvalue weighted by molar-refractivity contribution is 0.664. The summed E-state index contributed by atoms with van der Waals surface area (Å²) in [7, 11) is 1.89. The van der Waals surface area contributed by atoms with Gasteiger partial charge >= 0.3 is 0 Å². The Kier molecular flexibility index (Phi) is 2.11. The van der Waals surface area contributed by atoms with Gasteiger partial charge in [0, 0.05) is 18.6 Å². The minimum absolute atomic E-state index is 0.675. The summed E-state index contributed by atoms with van der Waals surface area (Å²) in [4.78, 5) is 4.22. The standard InChI is InChI=1S/C12H13N5/c1-16-11(14-8-15-16)7-17-6-5-9-3-2-4-10(13)12(9)17/h2-6,8H,7,13H2,1H3. The normalized spacial score (nSPS) is 11.1. The molecular formula is C12H13N5. The predicted molar refractivity (Wildman–Crippen MR) is 66.5 cm³/mol. The monoisotopic (exact) mass is 227 g/mol. The van der Waals surface area contributed by atoms with Gasteiger partial charge in [0.25, 0.3) is 0 Å². The Balaban J connectivity index is 2.10. The van der Waals surface area contributed by atoms with Gasteiger partial charge in [-0.2, -0.15) is 5.10 Å². The molecular weight excluding hydrogens is 214 g/mol. The molecule has 0 spiro atoms. The van der Waals surface area contributed by atoms with Crippen molar-refractivity contribution in [1.82, 2.24) is 19.3 Å². The summed E-state index contributed by atoms with van der Waals surface area (Å²) in [5, 5.41) is 5.21. The third-order valence-electron chi connectivity index (χ3n) is 2.94. The van der Waals surface area contributed by atoms with Crippen LogP contribution in [0, 0.1) is 0 Å². The van der Waals surface area contributed by atoms with Gasteiger partial charge in [0.1, 0.15) is 12.2 Å². The van der Waals surface area contributed by atoms with E-state index in [0.717, 1.165) is 22.4 Å². The Morgan fingerprint density at radius 3 is 2.94 bits per heavy atom. The molecule has 17 heavy (non-hydrogen) atoms. The minimum atomic E-state index is 0.675. The zero-order chi connectivity index (χ0) is 11.8. The van der Waals surface area contributed by atoms with Crippen LogP contribution in [-0.4, -0.2) is 19.3 Å². The molecule has 0 saturated heterocycles. The number of benzene rings is 1. The summed E-state index contributed by atoms with van der Waals surface area (Å²) in [6.45, 7) is 0.675. The van der Waals surface area contributed by atoms with Gasteiger partial charge in [-0.15, -0.1) is 0 Å². The molecule has 2 heterocycles. The number of anilines is 1. The van der Waals surface area contributed by atoms with E-state index in [9.17, 15) is 0 Å². The highest BCUT2D eigenvalue weighted by Gasteiger charge is 2.07. The molecule has 0 saturated carbocycles. The van der Waals surface area contributed by atoms with E-state index in [-0.39, 0.29) is 0 Å². The number of aromatic nitrogens is 4. The van der Waals surface area contributed by atoms with Crippen molar-refractivity contribution in [3.05, 3.63) is 42.6 Å².